The third-order valence-electron chi connectivity index (χ3n) is 1.26. The molecule has 6 heteroatoms. The SMILES string of the molecule is CNC(=O)c1noc([C@H](C)N)n1. The van der Waals surface area contributed by atoms with Crippen LogP contribution in [0, 0.1) is 0 Å². The molecule has 0 saturated carbocycles. The molecular weight excluding hydrogens is 160 g/mol. The topological polar surface area (TPSA) is 94.0 Å². The van der Waals surface area contributed by atoms with Crippen LogP contribution in [0.4, 0.5) is 0 Å². The molecule has 12 heavy (non-hydrogen) atoms. The van der Waals surface area contributed by atoms with Gasteiger partial charge in [-0.15, -0.1) is 0 Å². The van der Waals surface area contributed by atoms with Crippen molar-refractivity contribution >= 4 is 5.91 Å². The van der Waals surface area contributed by atoms with Crippen molar-refractivity contribution in [3.63, 3.8) is 0 Å². The van der Waals surface area contributed by atoms with E-state index in [9.17, 15) is 4.79 Å². The molecule has 0 aromatic carbocycles. The third kappa shape index (κ3) is 1.59. The minimum Gasteiger partial charge on any atom is -0.352 e. The summed E-state index contributed by atoms with van der Waals surface area (Å²) in [6.07, 6.45) is 0. The Hall–Kier alpha value is -1.43. The fraction of sp³-hybridized carbons (Fsp3) is 0.500. The second-order valence-electron chi connectivity index (χ2n) is 2.32. The summed E-state index contributed by atoms with van der Waals surface area (Å²) in [6, 6.07) is -0.351. The maximum Gasteiger partial charge on any atom is 0.292 e. The molecule has 1 atom stereocenters. The van der Waals surface area contributed by atoms with Gasteiger partial charge in [0, 0.05) is 7.05 Å². The number of hydrogen-bond donors (Lipinski definition) is 2. The molecule has 6 nitrogen and oxygen atoms in total. The van der Waals surface area contributed by atoms with Gasteiger partial charge in [0.15, 0.2) is 0 Å². The molecule has 0 radical (unpaired) electrons. The lowest BCUT2D eigenvalue weighted by molar-refractivity contribution is 0.0950. The smallest absolute Gasteiger partial charge is 0.292 e. The van der Waals surface area contributed by atoms with Gasteiger partial charge < -0.3 is 15.6 Å². The zero-order chi connectivity index (χ0) is 9.14. The zero-order valence-electron chi connectivity index (χ0n) is 6.87. The highest BCUT2D eigenvalue weighted by Gasteiger charge is 2.14. The van der Waals surface area contributed by atoms with Crippen molar-refractivity contribution in [2.75, 3.05) is 7.05 Å². The van der Waals surface area contributed by atoms with Gasteiger partial charge in [0.05, 0.1) is 6.04 Å². The number of hydrogen-bond acceptors (Lipinski definition) is 5. The van der Waals surface area contributed by atoms with Crippen LogP contribution in [-0.4, -0.2) is 23.1 Å². The molecular formula is C6H10N4O2. The van der Waals surface area contributed by atoms with E-state index in [2.05, 4.69) is 15.5 Å². The normalized spacial score (nSPS) is 12.6. The first-order chi connectivity index (χ1) is 5.65. The molecule has 0 aliphatic carbocycles. The fourth-order valence-electron chi connectivity index (χ4n) is 0.624. The zero-order valence-corrected chi connectivity index (χ0v) is 6.87. The highest BCUT2D eigenvalue weighted by Crippen LogP contribution is 2.05. The number of rotatable bonds is 2. The lowest BCUT2D eigenvalue weighted by Gasteiger charge is -1.92. The Kier molecular flexibility index (Phi) is 2.39. The van der Waals surface area contributed by atoms with Crippen LogP contribution in [0.5, 0.6) is 0 Å². The summed E-state index contributed by atoms with van der Waals surface area (Å²) in [5.41, 5.74) is 5.44. The van der Waals surface area contributed by atoms with E-state index >= 15 is 0 Å². The minimum absolute atomic E-state index is 0.00444. The standard InChI is InChI=1S/C6H10N4O2/c1-3(7)6-9-4(10-12-6)5(11)8-2/h3H,7H2,1-2H3,(H,8,11)/t3-/m0/s1. The highest BCUT2D eigenvalue weighted by molar-refractivity contribution is 5.89. The molecule has 0 aliphatic rings. The Morgan fingerprint density at radius 1 is 1.75 bits per heavy atom. The highest BCUT2D eigenvalue weighted by atomic mass is 16.5. The van der Waals surface area contributed by atoms with Crippen LogP contribution in [0.15, 0.2) is 4.52 Å². The first-order valence-corrected chi connectivity index (χ1v) is 3.46. The number of nitrogens with two attached hydrogens (primary N) is 1. The van der Waals surface area contributed by atoms with E-state index in [4.69, 9.17) is 10.3 Å². The van der Waals surface area contributed by atoms with Crippen molar-refractivity contribution in [1.29, 1.82) is 0 Å². The molecule has 1 heterocycles. The van der Waals surface area contributed by atoms with E-state index < -0.39 is 0 Å². The van der Waals surface area contributed by atoms with Gasteiger partial charge in [-0.25, -0.2) is 0 Å². The molecule has 1 aromatic heterocycles. The molecule has 0 aliphatic heterocycles. The molecule has 0 spiro atoms. The molecule has 0 fully saturated rings. The molecule has 1 rings (SSSR count). The van der Waals surface area contributed by atoms with E-state index in [1.165, 1.54) is 7.05 Å². The average Bonchev–Trinajstić information content (AvgIpc) is 2.51. The number of amides is 1. The van der Waals surface area contributed by atoms with Gasteiger partial charge in [-0.1, -0.05) is 5.16 Å². The quantitative estimate of drug-likeness (QED) is 0.621. The number of carbonyl (C=O) groups is 1. The lowest BCUT2D eigenvalue weighted by Crippen LogP contribution is -2.19. The number of aromatic nitrogens is 2. The van der Waals surface area contributed by atoms with Gasteiger partial charge in [-0.2, -0.15) is 4.98 Å². The Morgan fingerprint density at radius 3 is 2.83 bits per heavy atom. The molecule has 0 saturated heterocycles. The van der Waals surface area contributed by atoms with E-state index in [0.717, 1.165) is 0 Å². The molecule has 66 valence electrons. The van der Waals surface area contributed by atoms with Crippen molar-refractivity contribution in [1.82, 2.24) is 15.5 Å². The minimum atomic E-state index is -0.384. The predicted molar refractivity (Wildman–Crippen MR) is 40.3 cm³/mol. The van der Waals surface area contributed by atoms with Gasteiger partial charge >= 0.3 is 0 Å². The van der Waals surface area contributed by atoms with Crippen LogP contribution in [0.25, 0.3) is 0 Å². The summed E-state index contributed by atoms with van der Waals surface area (Å²) in [5.74, 6) is -0.121. The van der Waals surface area contributed by atoms with Crippen LogP contribution < -0.4 is 11.1 Å². The summed E-state index contributed by atoms with van der Waals surface area (Å²) in [5, 5.41) is 5.80. The number of nitrogens with one attached hydrogen (secondary N) is 1. The average molecular weight is 170 g/mol. The van der Waals surface area contributed by atoms with E-state index in [-0.39, 0.29) is 23.7 Å². The van der Waals surface area contributed by atoms with Crippen molar-refractivity contribution in [2.45, 2.75) is 13.0 Å². The fourth-order valence-corrected chi connectivity index (χ4v) is 0.624. The number of carbonyl (C=O) groups excluding carboxylic acids is 1. The Balaban J connectivity index is 2.84. The van der Waals surface area contributed by atoms with Gasteiger partial charge in [0.2, 0.25) is 5.89 Å². The van der Waals surface area contributed by atoms with Crippen molar-refractivity contribution in [3.8, 4) is 0 Å². The first kappa shape index (κ1) is 8.66. The third-order valence-corrected chi connectivity index (χ3v) is 1.26. The maximum atomic E-state index is 10.9. The molecule has 3 N–H and O–H groups in total. The Labute approximate surface area is 69.1 Å². The summed E-state index contributed by atoms with van der Waals surface area (Å²) >= 11 is 0. The van der Waals surface area contributed by atoms with Gasteiger partial charge in [0.25, 0.3) is 11.7 Å². The van der Waals surface area contributed by atoms with E-state index in [1.807, 2.05) is 0 Å². The summed E-state index contributed by atoms with van der Waals surface area (Å²) in [6.45, 7) is 1.70. The van der Waals surface area contributed by atoms with E-state index in [0.29, 0.717) is 0 Å². The maximum absolute atomic E-state index is 10.9. The van der Waals surface area contributed by atoms with Crippen LogP contribution in [0.3, 0.4) is 0 Å². The van der Waals surface area contributed by atoms with Crippen LogP contribution >= 0.6 is 0 Å². The van der Waals surface area contributed by atoms with Crippen LogP contribution in [-0.2, 0) is 0 Å². The van der Waals surface area contributed by atoms with Gasteiger partial charge in [-0.05, 0) is 6.92 Å². The second-order valence-corrected chi connectivity index (χ2v) is 2.32. The monoisotopic (exact) mass is 170 g/mol. The molecule has 1 amide bonds. The molecule has 0 bridgehead atoms. The van der Waals surface area contributed by atoms with Crippen molar-refractivity contribution in [3.05, 3.63) is 11.7 Å². The predicted octanol–water partition coefficient (Wildman–Crippen LogP) is -0.551. The summed E-state index contributed by atoms with van der Waals surface area (Å²) < 4.78 is 4.70. The molecule has 1 aromatic rings. The Bertz CT molecular complexity index is 281. The van der Waals surface area contributed by atoms with Crippen LogP contribution in [0.2, 0.25) is 0 Å². The summed E-state index contributed by atoms with van der Waals surface area (Å²) in [4.78, 5) is 14.7. The summed E-state index contributed by atoms with van der Waals surface area (Å²) in [7, 11) is 1.49. The second kappa shape index (κ2) is 3.31. The van der Waals surface area contributed by atoms with Crippen LogP contribution in [0.1, 0.15) is 29.5 Å². The van der Waals surface area contributed by atoms with Crippen molar-refractivity contribution < 1.29 is 9.32 Å². The van der Waals surface area contributed by atoms with Crippen molar-refractivity contribution in [2.24, 2.45) is 5.73 Å². The molecule has 0 unspecified atom stereocenters. The van der Waals surface area contributed by atoms with Gasteiger partial charge in [0.1, 0.15) is 0 Å². The van der Waals surface area contributed by atoms with Gasteiger partial charge in [-0.3, -0.25) is 4.79 Å². The Morgan fingerprint density at radius 2 is 2.42 bits per heavy atom. The lowest BCUT2D eigenvalue weighted by atomic mass is 10.4. The number of nitrogens with zero attached hydrogens (tertiary/aromatic N) is 2. The largest absolute Gasteiger partial charge is 0.352 e. The van der Waals surface area contributed by atoms with E-state index in [1.54, 1.807) is 6.92 Å². The first-order valence-electron chi connectivity index (χ1n) is 3.46.